The zero-order valence-corrected chi connectivity index (χ0v) is 11.7. The Kier molecular flexibility index (Phi) is 2.98. The van der Waals surface area contributed by atoms with E-state index >= 15 is 0 Å². The maximum Gasteiger partial charge on any atom is 0.147 e. The Bertz CT molecular complexity index is 775. The van der Waals surface area contributed by atoms with Gasteiger partial charge in [0.2, 0.25) is 0 Å². The summed E-state index contributed by atoms with van der Waals surface area (Å²) in [5, 5.41) is 9.29. The van der Waals surface area contributed by atoms with Crippen LogP contribution in [0.1, 0.15) is 17.1 Å². The molecule has 21 heavy (non-hydrogen) atoms. The number of benzene rings is 1. The van der Waals surface area contributed by atoms with Crippen LogP contribution >= 0.6 is 0 Å². The molecule has 6 nitrogen and oxygen atoms in total. The number of para-hydroxylation sites is 1. The number of hydrogen-bond donors (Lipinski definition) is 1. The standard InChI is InChI=1S/C15H17N5O/c16-7-14-12(11-3-1-2-4-13(11)21-14)8-19-5-6-20-10-17-18-15(20)9-19/h1-4,10H,5-9,16H2. The first-order valence-corrected chi connectivity index (χ1v) is 7.13. The molecule has 0 aliphatic carbocycles. The van der Waals surface area contributed by atoms with Crippen LogP contribution in [0.15, 0.2) is 35.0 Å². The first-order chi connectivity index (χ1) is 10.3. The van der Waals surface area contributed by atoms with E-state index in [1.807, 2.05) is 18.2 Å². The maximum atomic E-state index is 5.86. The van der Waals surface area contributed by atoms with Crippen molar-refractivity contribution in [2.75, 3.05) is 6.54 Å². The normalized spacial score (nSPS) is 15.5. The van der Waals surface area contributed by atoms with Crippen LogP contribution in [0.2, 0.25) is 0 Å². The molecule has 3 aromatic rings. The number of aromatic nitrogens is 3. The molecular formula is C15H17N5O. The van der Waals surface area contributed by atoms with Crippen molar-refractivity contribution in [1.29, 1.82) is 0 Å². The van der Waals surface area contributed by atoms with E-state index in [1.165, 1.54) is 5.56 Å². The fraction of sp³-hybridized carbons (Fsp3) is 0.333. The second kappa shape index (κ2) is 4.98. The summed E-state index contributed by atoms with van der Waals surface area (Å²) in [7, 11) is 0. The van der Waals surface area contributed by atoms with Gasteiger partial charge >= 0.3 is 0 Å². The molecule has 0 amide bonds. The van der Waals surface area contributed by atoms with Crippen molar-refractivity contribution in [2.24, 2.45) is 5.73 Å². The lowest BCUT2D eigenvalue weighted by molar-refractivity contribution is 0.208. The van der Waals surface area contributed by atoms with Crippen molar-refractivity contribution in [3.63, 3.8) is 0 Å². The second-order valence-electron chi connectivity index (χ2n) is 5.36. The number of fused-ring (bicyclic) bond motifs is 2. The smallest absolute Gasteiger partial charge is 0.147 e. The van der Waals surface area contributed by atoms with Gasteiger partial charge in [-0.15, -0.1) is 10.2 Å². The molecular weight excluding hydrogens is 266 g/mol. The molecule has 0 unspecified atom stereocenters. The first-order valence-electron chi connectivity index (χ1n) is 7.13. The number of nitrogens with zero attached hydrogens (tertiary/aromatic N) is 4. The van der Waals surface area contributed by atoms with Crippen LogP contribution < -0.4 is 5.73 Å². The van der Waals surface area contributed by atoms with Crippen LogP contribution in [0, 0.1) is 0 Å². The topological polar surface area (TPSA) is 73.1 Å². The molecule has 2 aromatic heterocycles. The van der Waals surface area contributed by atoms with E-state index in [0.717, 1.165) is 48.7 Å². The maximum absolute atomic E-state index is 5.86. The number of rotatable bonds is 3. The summed E-state index contributed by atoms with van der Waals surface area (Å²) in [6.45, 7) is 3.97. The summed E-state index contributed by atoms with van der Waals surface area (Å²) < 4.78 is 7.96. The zero-order valence-electron chi connectivity index (χ0n) is 11.7. The van der Waals surface area contributed by atoms with E-state index in [2.05, 4.69) is 25.7 Å². The summed E-state index contributed by atoms with van der Waals surface area (Å²) in [5.74, 6) is 1.89. The van der Waals surface area contributed by atoms with Gasteiger partial charge in [-0.1, -0.05) is 18.2 Å². The zero-order chi connectivity index (χ0) is 14.2. The van der Waals surface area contributed by atoms with Crippen LogP contribution in [0.5, 0.6) is 0 Å². The number of hydrogen-bond acceptors (Lipinski definition) is 5. The highest BCUT2D eigenvalue weighted by Gasteiger charge is 2.21. The van der Waals surface area contributed by atoms with Crippen LogP contribution in [-0.2, 0) is 26.2 Å². The van der Waals surface area contributed by atoms with Gasteiger partial charge in [0.15, 0.2) is 0 Å². The highest BCUT2D eigenvalue weighted by Crippen LogP contribution is 2.27. The third-order valence-electron chi connectivity index (χ3n) is 4.07. The first kappa shape index (κ1) is 12.6. The highest BCUT2D eigenvalue weighted by molar-refractivity contribution is 5.82. The van der Waals surface area contributed by atoms with Gasteiger partial charge in [-0.25, -0.2) is 0 Å². The molecule has 6 heteroatoms. The molecule has 0 saturated heterocycles. The monoisotopic (exact) mass is 283 g/mol. The van der Waals surface area contributed by atoms with E-state index in [9.17, 15) is 0 Å². The lowest BCUT2D eigenvalue weighted by atomic mass is 10.1. The summed E-state index contributed by atoms with van der Waals surface area (Å²) in [6, 6.07) is 8.11. The highest BCUT2D eigenvalue weighted by atomic mass is 16.3. The minimum absolute atomic E-state index is 0.425. The average molecular weight is 283 g/mol. The van der Waals surface area contributed by atoms with Gasteiger partial charge in [-0.3, -0.25) is 4.90 Å². The molecule has 0 radical (unpaired) electrons. The van der Waals surface area contributed by atoms with E-state index in [-0.39, 0.29) is 0 Å². The molecule has 2 N–H and O–H groups in total. The van der Waals surface area contributed by atoms with Gasteiger partial charge in [0, 0.05) is 30.6 Å². The molecule has 0 bridgehead atoms. The number of furan rings is 1. The van der Waals surface area contributed by atoms with Gasteiger partial charge in [-0.2, -0.15) is 0 Å². The Morgan fingerprint density at radius 1 is 1.24 bits per heavy atom. The molecule has 4 rings (SSSR count). The van der Waals surface area contributed by atoms with Crippen molar-refractivity contribution in [1.82, 2.24) is 19.7 Å². The van der Waals surface area contributed by atoms with Gasteiger partial charge < -0.3 is 14.7 Å². The third kappa shape index (κ3) is 2.12. The predicted molar refractivity (Wildman–Crippen MR) is 78.2 cm³/mol. The van der Waals surface area contributed by atoms with Crippen LogP contribution in [0.25, 0.3) is 11.0 Å². The SMILES string of the molecule is NCc1oc2ccccc2c1CN1CCn2cnnc2C1. The molecule has 0 spiro atoms. The summed E-state index contributed by atoms with van der Waals surface area (Å²) >= 11 is 0. The minimum atomic E-state index is 0.425. The Labute approximate surface area is 122 Å². The summed E-state index contributed by atoms with van der Waals surface area (Å²) in [5.41, 5.74) is 7.95. The fourth-order valence-corrected chi connectivity index (χ4v) is 2.96. The molecule has 0 fully saturated rings. The van der Waals surface area contributed by atoms with Gasteiger partial charge in [0.1, 0.15) is 23.5 Å². The average Bonchev–Trinajstić information content (AvgIpc) is 3.11. The van der Waals surface area contributed by atoms with E-state index in [0.29, 0.717) is 6.54 Å². The van der Waals surface area contributed by atoms with Crippen LogP contribution in [0.4, 0.5) is 0 Å². The largest absolute Gasteiger partial charge is 0.459 e. The van der Waals surface area contributed by atoms with Gasteiger partial charge in [0.25, 0.3) is 0 Å². The van der Waals surface area contributed by atoms with Crippen molar-refractivity contribution < 1.29 is 4.42 Å². The van der Waals surface area contributed by atoms with E-state index in [1.54, 1.807) is 6.33 Å². The Morgan fingerprint density at radius 3 is 3.05 bits per heavy atom. The fourth-order valence-electron chi connectivity index (χ4n) is 2.96. The second-order valence-corrected chi connectivity index (χ2v) is 5.36. The van der Waals surface area contributed by atoms with E-state index < -0.39 is 0 Å². The van der Waals surface area contributed by atoms with Crippen molar-refractivity contribution in [3.8, 4) is 0 Å². The Morgan fingerprint density at radius 2 is 2.14 bits per heavy atom. The van der Waals surface area contributed by atoms with Crippen molar-refractivity contribution in [2.45, 2.75) is 26.2 Å². The quantitative estimate of drug-likeness (QED) is 0.788. The number of nitrogens with two attached hydrogens (primary N) is 1. The summed E-state index contributed by atoms with van der Waals surface area (Å²) in [4.78, 5) is 2.36. The minimum Gasteiger partial charge on any atom is -0.459 e. The molecule has 1 aliphatic heterocycles. The van der Waals surface area contributed by atoms with E-state index in [4.69, 9.17) is 10.2 Å². The Balaban J connectivity index is 1.65. The van der Waals surface area contributed by atoms with Crippen molar-refractivity contribution in [3.05, 3.63) is 47.7 Å². The third-order valence-corrected chi connectivity index (χ3v) is 4.07. The predicted octanol–water partition coefficient (Wildman–Crippen LogP) is 1.50. The molecule has 3 heterocycles. The van der Waals surface area contributed by atoms with Crippen LogP contribution in [-0.4, -0.2) is 26.2 Å². The lowest BCUT2D eigenvalue weighted by Crippen LogP contribution is -2.33. The van der Waals surface area contributed by atoms with Gasteiger partial charge in [0.05, 0.1) is 13.1 Å². The van der Waals surface area contributed by atoms with Crippen molar-refractivity contribution >= 4 is 11.0 Å². The molecule has 0 saturated carbocycles. The van der Waals surface area contributed by atoms with Crippen LogP contribution in [0.3, 0.4) is 0 Å². The molecule has 1 aliphatic rings. The lowest BCUT2D eigenvalue weighted by Gasteiger charge is -2.26. The van der Waals surface area contributed by atoms with Gasteiger partial charge in [-0.05, 0) is 6.07 Å². The summed E-state index contributed by atoms with van der Waals surface area (Å²) in [6.07, 6.45) is 1.80. The molecule has 0 atom stereocenters. The molecule has 108 valence electrons. The Hall–Kier alpha value is -2.18. The molecule has 1 aromatic carbocycles.